The number of carbonyl (C=O) groups is 3. The molecule has 0 bridgehead atoms. The third-order valence-corrected chi connectivity index (χ3v) is 11.8. The molecule has 6 nitrogen and oxygen atoms in total. The second-order valence-electron chi connectivity index (χ2n) is 18.5. The van der Waals surface area contributed by atoms with Gasteiger partial charge >= 0.3 is 17.9 Å². The quantitative estimate of drug-likeness (QED) is 0.0262. The number of unbranched alkanes of at least 4 members (excludes halogenated alkanes) is 23. The normalized spacial score (nSPS) is 12.8. The van der Waals surface area contributed by atoms with Crippen molar-refractivity contribution in [3.05, 3.63) is 97.2 Å². The fourth-order valence-electron chi connectivity index (χ4n) is 7.55. The smallest absolute Gasteiger partial charge is 0.306 e. The van der Waals surface area contributed by atoms with Gasteiger partial charge in [-0.1, -0.05) is 214 Å². The minimum atomic E-state index is -0.800. The van der Waals surface area contributed by atoms with Gasteiger partial charge in [-0.05, 0) is 122 Å². The minimum absolute atomic E-state index is 0.0959. The Morgan fingerprint density at radius 1 is 0.309 bits per heavy atom. The van der Waals surface area contributed by atoms with Crippen LogP contribution in [0.4, 0.5) is 0 Å². The van der Waals surface area contributed by atoms with Crippen molar-refractivity contribution in [3.8, 4) is 0 Å². The van der Waals surface area contributed by atoms with Crippen molar-refractivity contribution in [2.75, 3.05) is 13.2 Å². The number of ether oxygens (including phenoxy) is 3. The SMILES string of the molecule is CC/C=C\C/C=C\C/C=C\C/C=C\CCCCCC(=O)OCC(COC(=O)CCCCCCCCC/C=C\C/C=C\CCCCC)OC(=O)CCCCCCCCC/C=C\C/C=C\CCCCC. The summed E-state index contributed by atoms with van der Waals surface area (Å²) in [6, 6.07) is 0. The summed E-state index contributed by atoms with van der Waals surface area (Å²) in [5, 5.41) is 0. The summed E-state index contributed by atoms with van der Waals surface area (Å²) >= 11 is 0. The molecule has 0 fully saturated rings. The number of hydrogen-bond acceptors (Lipinski definition) is 6. The zero-order chi connectivity index (χ0) is 49.3. The molecule has 0 aromatic rings. The Hall–Kier alpha value is -3.67. The molecular weight excluding hydrogens is 841 g/mol. The molecule has 6 heteroatoms. The summed E-state index contributed by atoms with van der Waals surface area (Å²) in [6.07, 6.45) is 73.9. The van der Waals surface area contributed by atoms with Crippen molar-refractivity contribution in [1.29, 1.82) is 0 Å². The molecule has 0 N–H and O–H groups in total. The van der Waals surface area contributed by atoms with E-state index in [0.29, 0.717) is 19.3 Å². The maximum Gasteiger partial charge on any atom is 0.306 e. The highest BCUT2D eigenvalue weighted by molar-refractivity contribution is 5.71. The molecule has 0 heterocycles. The van der Waals surface area contributed by atoms with E-state index in [9.17, 15) is 14.4 Å². The first-order chi connectivity index (χ1) is 33.5. The first-order valence-corrected chi connectivity index (χ1v) is 28.2. The van der Waals surface area contributed by atoms with Gasteiger partial charge in [0, 0.05) is 19.3 Å². The molecule has 1 atom stereocenters. The Morgan fingerprint density at radius 2 is 0.574 bits per heavy atom. The predicted molar refractivity (Wildman–Crippen MR) is 293 cm³/mol. The van der Waals surface area contributed by atoms with Crippen molar-refractivity contribution in [2.24, 2.45) is 0 Å². The average molecular weight is 946 g/mol. The maximum atomic E-state index is 12.9. The van der Waals surface area contributed by atoms with Gasteiger partial charge in [0.15, 0.2) is 6.10 Å². The largest absolute Gasteiger partial charge is 0.462 e. The van der Waals surface area contributed by atoms with Gasteiger partial charge in [-0.25, -0.2) is 0 Å². The first-order valence-electron chi connectivity index (χ1n) is 28.2. The van der Waals surface area contributed by atoms with Gasteiger partial charge in [-0.3, -0.25) is 14.4 Å². The minimum Gasteiger partial charge on any atom is -0.462 e. The number of hydrogen-bond donors (Lipinski definition) is 0. The van der Waals surface area contributed by atoms with Gasteiger partial charge in [-0.2, -0.15) is 0 Å². The van der Waals surface area contributed by atoms with Crippen molar-refractivity contribution in [2.45, 2.75) is 264 Å². The standard InChI is InChI=1S/C62H104O6/c1-4-7-10-13-16-19-22-25-28-31-34-37-40-43-46-49-52-55-61(64)67-58-59(57-66-60(63)54-51-48-45-42-39-36-33-30-27-24-21-18-15-12-9-6-3)68-62(65)56-53-50-47-44-41-38-35-32-29-26-23-20-17-14-11-8-5-2/h9,12,16-21,25-30,36,39,59H,4-8,10-11,13-15,22-24,31-35,37-38,40-58H2,1-3H3/b12-9-,19-16-,20-17-,21-18-,28-25-,29-26-,30-27-,39-36-. The number of esters is 3. The van der Waals surface area contributed by atoms with Crippen LogP contribution in [0.1, 0.15) is 258 Å². The van der Waals surface area contributed by atoms with E-state index >= 15 is 0 Å². The molecule has 388 valence electrons. The summed E-state index contributed by atoms with van der Waals surface area (Å²) in [5.74, 6) is -0.941. The van der Waals surface area contributed by atoms with Crippen molar-refractivity contribution >= 4 is 17.9 Å². The lowest BCUT2D eigenvalue weighted by atomic mass is 10.1. The molecule has 0 rings (SSSR count). The highest BCUT2D eigenvalue weighted by atomic mass is 16.6. The lowest BCUT2D eigenvalue weighted by Gasteiger charge is -2.18. The van der Waals surface area contributed by atoms with E-state index in [0.717, 1.165) is 116 Å². The third kappa shape index (κ3) is 53.3. The maximum absolute atomic E-state index is 12.9. The van der Waals surface area contributed by atoms with Crippen LogP contribution in [0, 0.1) is 0 Å². The molecule has 0 aliphatic heterocycles. The Morgan fingerprint density at radius 3 is 0.912 bits per heavy atom. The van der Waals surface area contributed by atoms with Crippen LogP contribution in [0.15, 0.2) is 97.2 Å². The summed E-state index contributed by atoms with van der Waals surface area (Å²) < 4.78 is 16.8. The van der Waals surface area contributed by atoms with E-state index in [-0.39, 0.29) is 31.1 Å². The van der Waals surface area contributed by atoms with Crippen LogP contribution in [-0.4, -0.2) is 37.2 Å². The van der Waals surface area contributed by atoms with Crippen LogP contribution in [0.2, 0.25) is 0 Å². The molecule has 0 spiro atoms. The Bertz CT molecular complexity index is 1360. The number of carbonyl (C=O) groups excluding carboxylic acids is 3. The lowest BCUT2D eigenvalue weighted by Crippen LogP contribution is -2.30. The predicted octanol–water partition coefficient (Wildman–Crippen LogP) is 18.9. The van der Waals surface area contributed by atoms with Gasteiger partial charge in [0.1, 0.15) is 13.2 Å². The number of rotatable bonds is 50. The van der Waals surface area contributed by atoms with E-state index < -0.39 is 6.10 Å². The Labute approximate surface area is 419 Å². The van der Waals surface area contributed by atoms with Crippen LogP contribution in [-0.2, 0) is 28.6 Å². The van der Waals surface area contributed by atoms with Crippen molar-refractivity contribution in [1.82, 2.24) is 0 Å². The van der Waals surface area contributed by atoms with Crippen LogP contribution in [0.25, 0.3) is 0 Å². The Balaban J connectivity index is 4.47. The van der Waals surface area contributed by atoms with Crippen LogP contribution >= 0.6 is 0 Å². The van der Waals surface area contributed by atoms with E-state index in [1.54, 1.807) is 0 Å². The molecule has 0 aromatic carbocycles. The van der Waals surface area contributed by atoms with E-state index in [4.69, 9.17) is 14.2 Å². The molecular formula is C62H104O6. The second kappa shape index (κ2) is 55.9. The third-order valence-electron chi connectivity index (χ3n) is 11.8. The Kier molecular flexibility index (Phi) is 52.9. The van der Waals surface area contributed by atoms with Crippen LogP contribution in [0.5, 0.6) is 0 Å². The topological polar surface area (TPSA) is 78.9 Å². The van der Waals surface area contributed by atoms with Crippen molar-refractivity contribution in [3.63, 3.8) is 0 Å². The van der Waals surface area contributed by atoms with Crippen LogP contribution < -0.4 is 0 Å². The molecule has 1 unspecified atom stereocenters. The monoisotopic (exact) mass is 945 g/mol. The highest BCUT2D eigenvalue weighted by Crippen LogP contribution is 2.14. The molecule has 0 aromatic heterocycles. The van der Waals surface area contributed by atoms with Crippen molar-refractivity contribution < 1.29 is 28.6 Å². The summed E-state index contributed by atoms with van der Waals surface area (Å²) in [7, 11) is 0. The molecule has 0 saturated carbocycles. The first kappa shape index (κ1) is 64.3. The van der Waals surface area contributed by atoms with Gasteiger partial charge in [0.05, 0.1) is 0 Å². The zero-order valence-electron chi connectivity index (χ0n) is 44.3. The molecule has 0 amide bonds. The molecule has 68 heavy (non-hydrogen) atoms. The average Bonchev–Trinajstić information content (AvgIpc) is 3.34. The molecule has 0 aliphatic carbocycles. The summed E-state index contributed by atoms with van der Waals surface area (Å²) in [5.41, 5.74) is 0. The summed E-state index contributed by atoms with van der Waals surface area (Å²) in [4.78, 5) is 38.1. The highest BCUT2D eigenvalue weighted by Gasteiger charge is 2.19. The van der Waals surface area contributed by atoms with Gasteiger partial charge in [0.2, 0.25) is 0 Å². The van der Waals surface area contributed by atoms with Crippen LogP contribution in [0.3, 0.4) is 0 Å². The van der Waals surface area contributed by atoms with E-state index in [1.165, 1.54) is 103 Å². The lowest BCUT2D eigenvalue weighted by molar-refractivity contribution is -0.167. The van der Waals surface area contributed by atoms with E-state index in [2.05, 4.69) is 118 Å². The van der Waals surface area contributed by atoms with Gasteiger partial charge in [-0.15, -0.1) is 0 Å². The second-order valence-corrected chi connectivity index (χ2v) is 18.5. The fraction of sp³-hybridized carbons (Fsp3) is 0.694. The van der Waals surface area contributed by atoms with Gasteiger partial charge < -0.3 is 14.2 Å². The fourth-order valence-corrected chi connectivity index (χ4v) is 7.55. The van der Waals surface area contributed by atoms with Gasteiger partial charge in [0.25, 0.3) is 0 Å². The summed E-state index contributed by atoms with van der Waals surface area (Å²) in [6.45, 7) is 6.44. The molecule has 0 aliphatic rings. The zero-order valence-corrected chi connectivity index (χ0v) is 44.3. The van der Waals surface area contributed by atoms with E-state index in [1.807, 2.05) is 0 Å². The number of allylic oxidation sites excluding steroid dienone is 16. The molecule has 0 saturated heterocycles. The molecule has 0 radical (unpaired) electrons.